The van der Waals surface area contributed by atoms with Crippen molar-refractivity contribution in [1.82, 2.24) is 5.32 Å². The van der Waals surface area contributed by atoms with E-state index in [1.807, 2.05) is 24.3 Å². The lowest BCUT2D eigenvalue weighted by atomic mass is 10.0. The number of ether oxygens (including phenoxy) is 2. The summed E-state index contributed by atoms with van der Waals surface area (Å²) in [5, 5.41) is 3.24. The van der Waals surface area contributed by atoms with Gasteiger partial charge in [0.15, 0.2) is 5.96 Å². The van der Waals surface area contributed by atoms with Crippen molar-refractivity contribution in [1.29, 1.82) is 0 Å². The molecule has 1 aliphatic heterocycles. The minimum absolute atomic E-state index is 0.128. The summed E-state index contributed by atoms with van der Waals surface area (Å²) in [6, 6.07) is 8.07. The van der Waals surface area contributed by atoms with Crippen molar-refractivity contribution in [3.8, 4) is 5.75 Å². The third kappa shape index (κ3) is 4.65. The average Bonchev–Trinajstić information content (AvgIpc) is 2.54. The van der Waals surface area contributed by atoms with Crippen LogP contribution in [0.5, 0.6) is 5.75 Å². The minimum atomic E-state index is -0.186. The van der Waals surface area contributed by atoms with Gasteiger partial charge in [0.2, 0.25) is 0 Å². The molecule has 0 bridgehead atoms. The molecule has 0 spiro atoms. The van der Waals surface area contributed by atoms with E-state index in [1.165, 1.54) is 7.11 Å². The van der Waals surface area contributed by atoms with E-state index in [9.17, 15) is 4.79 Å². The molecule has 0 radical (unpaired) electrons. The smallest absolute Gasteiger partial charge is 0.305 e. The number of unbranched alkanes of at least 4 members (excludes halogenated alkanes) is 1. The number of fused-ring (bicyclic) bond motifs is 1. The number of nitrogens with two attached hydrogens (primary N) is 1. The molecule has 6 nitrogen and oxygen atoms in total. The molecule has 0 saturated heterocycles. The Hall–Kier alpha value is -2.24. The Kier molecular flexibility index (Phi) is 6.06. The van der Waals surface area contributed by atoms with Crippen molar-refractivity contribution in [2.45, 2.75) is 31.7 Å². The molecular weight excluding hydrogens is 282 g/mol. The molecule has 1 aromatic rings. The first-order chi connectivity index (χ1) is 10.7. The maximum Gasteiger partial charge on any atom is 0.305 e. The first kappa shape index (κ1) is 16.1. The molecule has 1 unspecified atom stereocenters. The summed E-state index contributed by atoms with van der Waals surface area (Å²) in [6.45, 7) is 1.27. The van der Waals surface area contributed by atoms with E-state index in [0.717, 1.165) is 30.6 Å². The summed E-state index contributed by atoms with van der Waals surface area (Å²) in [7, 11) is 1.40. The van der Waals surface area contributed by atoms with E-state index in [1.54, 1.807) is 0 Å². The van der Waals surface area contributed by atoms with Gasteiger partial charge in [0.25, 0.3) is 0 Å². The van der Waals surface area contributed by atoms with Crippen LogP contribution in [0.25, 0.3) is 0 Å². The number of esters is 1. The monoisotopic (exact) mass is 305 g/mol. The zero-order valence-corrected chi connectivity index (χ0v) is 12.9. The van der Waals surface area contributed by atoms with E-state index < -0.39 is 0 Å². The van der Waals surface area contributed by atoms with Crippen LogP contribution in [0.3, 0.4) is 0 Å². The lowest BCUT2D eigenvalue weighted by molar-refractivity contribution is -0.140. The second-order valence-electron chi connectivity index (χ2n) is 5.17. The summed E-state index contributed by atoms with van der Waals surface area (Å²) in [5.41, 5.74) is 7.05. The topological polar surface area (TPSA) is 85.9 Å². The zero-order valence-electron chi connectivity index (χ0n) is 12.9. The Morgan fingerprint density at radius 1 is 1.45 bits per heavy atom. The Morgan fingerprint density at radius 3 is 3.09 bits per heavy atom. The number of carbonyl (C=O) groups excluding carboxylic acids is 1. The van der Waals surface area contributed by atoms with Crippen LogP contribution in [0.1, 0.15) is 37.3 Å². The number of benzene rings is 1. The van der Waals surface area contributed by atoms with E-state index in [4.69, 9.17) is 10.5 Å². The Bertz CT molecular complexity index is 531. The van der Waals surface area contributed by atoms with Gasteiger partial charge < -0.3 is 20.5 Å². The fourth-order valence-electron chi connectivity index (χ4n) is 2.40. The third-order valence-electron chi connectivity index (χ3n) is 3.58. The van der Waals surface area contributed by atoms with Gasteiger partial charge in [-0.1, -0.05) is 18.2 Å². The third-order valence-corrected chi connectivity index (χ3v) is 3.58. The molecule has 0 saturated carbocycles. The van der Waals surface area contributed by atoms with Crippen LogP contribution in [0, 0.1) is 0 Å². The SMILES string of the molecule is COC(=O)CCCCN=C(N)NC1CCOc2ccccc21. The highest BCUT2D eigenvalue weighted by molar-refractivity contribution is 5.78. The second kappa shape index (κ2) is 8.26. The second-order valence-corrected chi connectivity index (χ2v) is 5.17. The fraction of sp³-hybridized carbons (Fsp3) is 0.500. The number of methoxy groups -OCH3 is 1. The molecule has 22 heavy (non-hydrogen) atoms. The van der Waals surface area contributed by atoms with Crippen LogP contribution in [-0.4, -0.2) is 32.2 Å². The highest BCUT2D eigenvalue weighted by atomic mass is 16.5. The molecule has 0 fully saturated rings. The van der Waals surface area contributed by atoms with Crippen molar-refractivity contribution in [2.75, 3.05) is 20.3 Å². The van der Waals surface area contributed by atoms with Gasteiger partial charge in [-0.3, -0.25) is 9.79 Å². The predicted molar refractivity (Wildman–Crippen MR) is 84.8 cm³/mol. The van der Waals surface area contributed by atoms with Crippen LogP contribution < -0.4 is 15.8 Å². The Morgan fingerprint density at radius 2 is 2.27 bits per heavy atom. The van der Waals surface area contributed by atoms with Gasteiger partial charge >= 0.3 is 5.97 Å². The average molecular weight is 305 g/mol. The maximum atomic E-state index is 11.0. The minimum Gasteiger partial charge on any atom is -0.493 e. The number of guanidine groups is 1. The van der Waals surface area contributed by atoms with Crippen molar-refractivity contribution >= 4 is 11.9 Å². The summed E-state index contributed by atoms with van der Waals surface area (Å²) in [4.78, 5) is 15.3. The highest BCUT2D eigenvalue weighted by Gasteiger charge is 2.21. The Labute approximate surface area is 130 Å². The van der Waals surface area contributed by atoms with Crippen molar-refractivity contribution in [3.63, 3.8) is 0 Å². The standard InChI is InChI=1S/C16H23N3O3/c1-21-15(20)8-4-5-10-18-16(17)19-13-9-11-22-14-7-3-2-6-12(13)14/h2-3,6-7,13H,4-5,8-11H2,1H3,(H3,17,18,19). The van der Waals surface area contributed by atoms with Crippen LogP contribution in [0.4, 0.5) is 0 Å². The summed E-state index contributed by atoms with van der Waals surface area (Å²) < 4.78 is 10.2. The number of hydrogen-bond acceptors (Lipinski definition) is 4. The van der Waals surface area contributed by atoms with Crippen LogP contribution in [-0.2, 0) is 9.53 Å². The van der Waals surface area contributed by atoms with E-state index in [0.29, 0.717) is 25.5 Å². The summed E-state index contributed by atoms with van der Waals surface area (Å²) in [5.74, 6) is 1.14. The molecule has 3 N–H and O–H groups in total. The molecule has 1 heterocycles. The number of nitrogens with zero attached hydrogens (tertiary/aromatic N) is 1. The van der Waals surface area contributed by atoms with Gasteiger partial charge in [0, 0.05) is 24.9 Å². The molecule has 120 valence electrons. The van der Waals surface area contributed by atoms with E-state index >= 15 is 0 Å². The lowest BCUT2D eigenvalue weighted by Crippen LogP contribution is -2.37. The number of aliphatic imine (C=N–C) groups is 1. The van der Waals surface area contributed by atoms with Crippen LogP contribution >= 0.6 is 0 Å². The highest BCUT2D eigenvalue weighted by Crippen LogP contribution is 2.31. The largest absolute Gasteiger partial charge is 0.493 e. The first-order valence-electron chi connectivity index (χ1n) is 7.55. The predicted octanol–water partition coefficient (Wildman–Crippen LogP) is 1.76. The summed E-state index contributed by atoms with van der Waals surface area (Å²) in [6.07, 6.45) is 2.84. The van der Waals surface area contributed by atoms with Crippen molar-refractivity contribution in [3.05, 3.63) is 29.8 Å². The molecule has 1 atom stereocenters. The van der Waals surface area contributed by atoms with Crippen molar-refractivity contribution in [2.24, 2.45) is 10.7 Å². The Balaban J connectivity index is 1.79. The van der Waals surface area contributed by atoms with E-state index in [-0.39, 0.29) is 12.0 Å². The van der Waals surface area contributed by atoms with Crippen LogP contribution in [0.2, 0.25) is 0 Å². The maximum absolute atomic E-state index is 11.0. The molecule has 0 amide bonds. The van der Waals surface area contributed by atoms with Gasteiger partial charge in [0.05, 0.1) is 19.8 Å². The lowest BCUT2D eigenvalue weighted by Gasteiger charge is -2.26. The molecule has 0 aromatic heterocycles. The summed E-state index contributed by atoms with van der Waals surface area (Å²) >= 11 is 0. The number of hydrogen-bond donors (Lipinski definition) is 2. The number of carbonyl (C=O) groups is 1. The van der Waals surface area contributed by atoms with Crippen LogP contribution in [0.15, 0.2) is 29.3 Å². The quantitative estimate of drug-likeness (QED) is 0.362. The molecular formula is C16H23N3O3. The van der Waals surface area contributed by atoms with E-state index in [2.05, 4.69) is 15.0 Å². The normalized spacial score (nSPS) is 17.3. The molecule has 1 aliphatic rings. The van der Waals surface area contributed by atoms with Gasteiger partial charge in [-0.05, 0) is 18.9 Å². The van der Waals surface area contributed by atoms with Gasteiger partial charge in [-0.2, -0.15) is 0 Å². The number of para-hydroxylation sites is 1. The molecule has 2 rings (SSSR count). The number of nitrogens with one attached hydrogen (secondary N) is 1. The van der Waals surface area contributed by atoms with Gasteiger partial charge in [-0.15, -0.1) is 0 Å². The molecule has 6 heteroatoms. The molecule has 0 aliphatic carbocycles. The van der Waals surface area contributed by atoms with Crippen molar-refractivity contribution < 1.29 is 14.3 Å². The van der Waals surface area contributed by atoms with Gasteiger partial charge in [0.1, 0.15) is 5.75 Å². The number of rotatable bonds is 6. The fourth-order valence-corrected chi connectivity index (χ4v) is 2.40. The zero-order chi connectivity index (χ0) is 15.8. The first-order valence-corrected chi connectivity index (χ1v) is 7.55. The van der Waals surface area contributed by atoms with Gasteiger partial charge in [-0.25, -0.2) is 0 Å². The molecule has 1 aromatic carbocycles.